The molecule has 2 aromatic rings. The maximum Gasteiger partial charge on any atom is 0.306 e. The molecule has 130 valence electrons. The van der Waals surface area contributed by atoms with Gasteiger partial charge >= 0.3 is 5.97 Å². The Balaban J connectivity index is 1.58. The summed E-state index contributed by atoms with van der Waals surface area (Å²) in [5, 5.41) is 12.0. The van der Waals surface area contributed by atoms with E-state index in [4.69, 9.17) is 9.84 Å². The van der Waals surface area contributed by atoms with Crippen molar-refractivity contribution in [3.8, 4) is 11.5 Å². The van der Waals surface area contributed by atoms with Crippen LogP contribution in [0.15, 0.2) is 54.6 Å². The van der Waals surface area contributed by atoms with Crippen LogP contribution in [0.4, 0.5) is 5.69 Å². The summed E-state index contributed by atoms with van der Waals surface area (Å²) < 4.78 is 5.77. The molecule has 0 spiro atoms. The molecule has 0 unspecified atom stereocenters. The molecule has 1 saturated carbocycles. The smallest absolute Gasteiger partial charge is 0.306 e. The lowest BCUT2D eigenvalue weighted by molar-refractivity contribution is -0.143. The Labute approximate surface area is 146 Å². The first-order valence-corrected chi connectivity index (χ1v) is 8.48. The van der Waals surface area contributed by atoms with Gasteiger partial charge in [-0.1, -0.05) is 24.3 Å². The van der Waals surface area contributed by atoms with Crippen LogP contribution in [0, 0.1) is 11.8 Å². The quantitative estimate of drug-likeness (QED) is 0.851. The molecule has 0 aliphatic heterocycles. The van der Waals surface area contributed by atoms with E-state index in [1.165, 1.54) is 0 Å². The van der Waals surface area contributed by atoms with E-state index in [2.05, 4.69) is 5.32 Å². The summed E-state index contributed by atoms with van der Waals surface area (Å²) in [5.41, 5.74) is 0.679. The van der Waals surface area contributed by atoms with Gasteiger partial charge in [-0.3, -0.25) is 9.59 Å². The third-order valence-electron chi connectivity index (χ3n) is 4.53. The van der Waals surface area contributed by atoms with E-state index in [-0.39, 0.29) is 17.7 Å². The van der Waals surface area contributed by atoms with E-state index in [0.717, 1.165) is 5.75 Å². The van der Waals surface area contributed by atoms with Gasteiger partial charge in [0.2, 0.25) is 5.91 Å². The predicted octanol–water partition coefficient (Wildman–Crippen LogP) is 4.31. The number of rotatable bonds is 5. The Bertz CT molecular complexity index is 736. The molecule has 1 aliphatic carbocycles. The monoisotopic (exact) mass is 339 g/mol. The molecule has 25 heavy (non-hydrogen) atoms. The molecule has 1 aliphatic rings. The predicted molar refractivity (Wildman–Crippen MR) is 94.7 cm³/mol. The first kappa shape index (κ1) is 17.0. The van der Waals surface area contributed by atoms with Gasteiger partial charge in [-0.05, 0) is 49.9 Å². The van der Waals surface area contributed by atoms with Crippen molar-refractivity contribution >= 4 is 17.6 Å². The van der Waals surface area contributed by atoms with Gasteiger partial charge in [0.05, 0.1) is 5.92 Å². The summed E-state index contributed by atoms with van der Waals surface area (Å²) in [6.45, 7) is 0. The van der Waals surface area contributed by atoms with Gasteiger partial charge in [0.1, 0.15) is 11.5 Å². The molecule has 0 heterocycles. The molecule has 5 heteroatoms. The molecule has 1 amide bonds. The van der Waals surface area contributed by atoms with Crippen molar-refractivity contribution in [3.63, 3.8) is 0 Å². The van der Waals surface area contributed by atoms with Gasteiger partial charge in [-0.15, -0.1) is 0 Å². The van der Waals surface area contributed by atoms with Crippen molar-refractivity contribution in [2.45, 2.75) is 25.7 Å². The van der Waals surface area contributed by atoms with Crippen molar-refractivity contribution in [1.29, 1.82) is 0 Å². The summed E-state index contributed by atoms with van der Waals surface area (Å²) >= 11 is 0. The molecule has 0 aromatic heterocycles. The summed E-state index contributed by atoms with van der Waals surface area (Å²) in [7, 11) is 0. The van der Waals surface area contributed by atoms with Crippen molar-refractivity contribution in [3.05, 3.63) is 54.6 Å². The lowest BCUT2D eigenvalue weighted by Crippen LogP contribution is -2.29. The third kappa shape index (κ3) is 4.59. The Kier molecular flexibility index (Phi) is 5.33. The first-order valence-electron chi connectivity index (χ1n) is 8.48. The third-order valence-corrected chi connectivity index (χ3v) is 4.53. The zero-order chi connectivity index (χ0) is 17.6. The van der Waals surface area contributed by atoms with E-state index in [9.17, 15) is 9.59 Å². The standard InChI is InChI=1S/C20H21NO4/c22-19(14-9-11-15(12-10-14)20(23)24)21-16-5-4-8-18(13-16)25-17-6-2-1-3-7-17/h1-8,13-15H,9-12H2,(H,21,22)(H,23,24). The van der Waals surface area contributed by atoms with Crippen molar-refractivity contribution < 1.29 is 19.4 Å². The average Bonchev–Trinajstić information content (AvgIpc) is 2.63. The molecular formula is C20H21NO4. The Morgan fingerprint density at radius 1 is 0.880 bits per heavy atom. The van der Waals surface area contributed by atoms with Gasteiger partial charge < -0.3 is 15.2 Å². The minimum absolute atomic E-state index is 0.0549. The number of hydrogen-bond acceptors (Lipinski definition) is 3. The van der Waals surface area contributed by atoms with Crippen LogP contribution < -0.4 is 10.1 Å². The van der Waals surface area contributed by atoms with Crippen LogP contribution in [-0.2, 0) is 9.59 Å². The first-order chi connectivity index (χ1) is 12.1. The van der Waals surface area contributed by atoms with Crippen LogP contribution in [0.3, 0.4) is 0 Å². The van der Waals surface area contributed by atoms with E-state index < -0.39 is 5.97 Å². The lowest BCUT2D eigenvalue weighted by Gasteiger charge is -2.25. The van der Waals surface area contributed by atoms with Gasteiger partial charge in [0.25, 0.3) is 0 Å². The number of carboxylic acid groups (broad SMARTS) is 1. The second kappa shape index (κ2) is 7.83. The Hall–Kier alpha value is -2.82. The molecule has 0 atom stereocenters. The van der Waals surface area contributed by atoms with E-state index in [0.29, 0.717) is 37.1 Å². The van der Waals surface area contributed by atoms with Crippen LogP contribution in [0.5, 0.6) is 11.5 Å². The molecule has 3 rings (SSSR count). The summed E-state index contributed by atoms with van der Waals surface area (Å²) in [4.78, 5) is 23.4. The topological polar surface area (TPSA) is 75.6 Å². The fourth-order valence-corrected chi connectivity index (χ4v) is 3.11. The van der Waals surface area contributed by atoms with Crippen LogP contribution in [-0.4, -0.2) is 17.0 Å². The van der Waals surface area contributed by atoms with Gasteiger partial charge in [0.15, 0.2) is 0 Å². The largest absolute Gasteiger partial charge is 0.481 e. The zero-order valence-corrected chi connectivity index (χ0v) is 13.9. The number of para-hydroxylation sites is 1. The van der Waals surface area contributed by atoms with Crippen LogP contribution in [0.2, 0.25) is 0 Å². The maximum absolute atomic E-state index is 12.4. The maximum atomic E-state index is 12.4. The number of hydrogen-bond donors (Lipinski definition) is 2. The van der Waals surface area contributed by atoms with Crippen LogP contribution in [0.25, 0.3) is 0 Å². The lowest BCUT2D eigenvalue weighted by atomic mass is 9.81. The van der Waals surface area contributed by atoms with Crippen molar-refractivity contribution in [2.75, 3.05) is 5.32 Å². The van der Waals surface area contributed by atoms with Gasteiger partial charge in [-0.25, -0.2) is 0 Å². The minimum Gasteiger partial charge on any atom is -0.481 e. The number of ether oxygens (including phenoxy) is 1. The molecule has 5 nitrogen and oxygen atoms in total. The minimum atomic E-state index is -0.760. The van der Waals surface area contributed by atoms with Gasteiger partial charge in [0, 0.05) is 17.7 Å². The number of carbonyl (C=O) groups excluding carboxylic acids is 1. The normalized spacial score (nSPS) is 19.8. The highest BCUT2D eigenvalue weighted by atomic mass is 16.5. The molecule has 0 radical (unpaired) electrons. The molecule has 0 saturated heterocycles. The molecule has 0 bridgehead atoms. The number of carbonyl (C=O) groups is 2. The summed E-state index contributed by atoms with van der Waals surface area (Å²) in [5.74, 6) is 0.128. The highest BCUT2D eigenvalue weighted by molar-refractivity contribution is 5.92. The second-order valence-electron chi connectivity index (χ2n) is 6.32. The zero-order valence-electron chi connectivity index (χ0n) is 13.9. The number of nitrogens with one attached hydrogen (secondary N) is 1. The van der Waals surface area contributed by atoms with Crippen molar-refractivity contribution in [2.24, 2.45) is 11.8 Å². The molecule has 1 fully saturated rings. The van der Waals surface area contributed by atoms with E-state index >= 15 is 0 Å². The SMILES string of the molecule is O=C(O)C1CCC(C(=O)Nc2cccc(Oc3ccccc3)c2)CC1. The molecular weight excluding hydrogens is 318 g/mol. The van der Waals surface area contributed by atoms with E-state index in [1.54, 1.807) is 6.07 Å². The number of aliphatic carboxylic acids is 1. The number of amides is 1. The van der Waals surface area contributed by atoms with Crippen molar-refractivity contribution in [1.82, 2.24) is 0 Å². The Morgan fingerprint density at radius 3 is 2.20 bits per heavy atom. The highest BCUT2D eigenvalue weighted by Gasteiger charge is 2.29. The number of benzene rings is 2. The fourth-order valence-electron chi connectivity index (χ4n) is 3.11. The molecule has 2 aromatic carbocycles. The second-order valence-corrected chi connectivity index (χ2v) is 6.32. The average molecular weight is 339 g/mol. The summed E-state index contributed by atoms with van der Waals surface area (Å²) in [6.07, 6.45) is 2.35. The highest BCUT2D eigenvalue weighted by Crippen LogP contribution is 2.30. The van der Waals surface area contributed by atoms with E-state index in [1.807, 2.05) is 48.5 Å². The number of anilines is 1. The fraction of sp³-hybridized carbons (Fsp3) is 0.300. The van der Waals surface area contributed by atoms with Crippen LogP contribution >= 0.6 is 0 Å². The van der Waals surface area contributed by atoms with Gasteiger partial charge in [-0.2, -0.15) is 0 Å². The Morgan fingerprint density at radius 2 is 1.52 bits per heavy atom. The summed E-state index contributed by atoms with van der Waals surface area (Å²) in [6, 6.07) is 16.7. The van der Waals surface area contributed by atoms with Crippen LogP contribution in [0.1, 0.15) is 25.7 Å². The molecule has 2 N–H and O–H groups in total. The number of carboxylic acids is 1.